The van der Waals surface area contributed by atoms with Gasteiger partial charge in [0, 0.05) is 16.2 Å². The Hall–Kier alpha value is -1.00. The van der Waals surface area contributed by atoms with Crippen LogP contribution in [0.3, 0.4) is 0 Å². The lowest BCUT2D eigenvalue weighted by Gasteiger charge is -2.15. The number of hydrogen-bond donors (Lipinski definition) is 2. The van der Waals surface area contributed by atoms with E-state index in [2.05, 4.69) is 30.5 Å². The highest BCUT2D eigenvalue weighted by molar-refractivity contribution is 8.00. The zero-order valence-corrected chi connectivity index (χ0v) is 13.8. The highest BCUT2D eigenvalue weighted by atomic mass is 32.2. The molecule has 1 aliphatic rings. The zero-order chi connectivity index (χ0) is 15.1. The van der Waals surface area contributed by atoms with E-state index in [-0.39, 0.29) is 5.91 Å². The fourth-order valence-electron chi connectivity index (χ4n) is 2.46. The summed E-state index contributed by atoms with van der Waals surface area (Å²) in [6, 6.07) is 8.51. The van der Waals surface area contributed by atoms with Crippen LogP contribution in [0.5, 0.6) is 0 Å². The number of thioether (sulfide) groups is 1. The molecule has 0 saturated heterocycles. The molecule has 0 radical (unpaired) electrons. The Bertz CT molecular complexity index is 458. The predicted molar refractivity (Wildman–Crippen MR) is 90.9 cm³/mol. The number of benzene rings is 1. The summed E-state index contributed by atoms with van der Waals surface area (Å²) < 4.78 is 0. The van der Waals surface area contributed by atoms with Gasteiger partial charge in [0.1, 0.15) is 0 Å². The van der Waals surface area contributed by atoms with Crippen molar-refractivity contribution in [2.24, 2.45) is 0 Å². The topological polar surface area (TPSA) is 41.1 Å². The highest BCUT2D eigenvalue weighted by Gasteiger charge is 2.18. The molecule has 1 aromatic rings. The van der Waals surface area contributed by atoms with Gasteiger partial charge in [-0.2, -0.15) is 0 Å². The van der Waals surface area contributed by atoms with Crippen molar-refractivity contribution in [2.45, 2.75) is 62.1 Å². The third kappa shape index (κ3) is 5.36. The van der Waals surface area contributed by atoms with Gasteiger partial charge in [0.05, 0.1) is 12.2 Å². The minimum Gasteiger partial charge on any atom is -0.324 e. The Labute approximate surface area is 132 Å². The Morgan fingerprint density at radius 3 is 2.76 bits per heavy atom. The van der Waals surface area contributed by atoms with Gasteiger partial charge in [-0.3, -0.25) is 4.79 Å². The monoisotopic (exact) mass is 306 g/mol. The molecule has 0 aliphatic heterocycles. The quantitative estimate of drug-likeness (QED) is 0.798. The van der Waals surface area contributed by atoms with Crippen LogP contribution >= 0.6 is 11.8 Å². The molecule has 0 bridgehead atoms. The van der Waals surface area contributed by atoms with Crippen molar-refractivity contribution >= 4 is 23.4 Å². The maximum atomic E-state index is 12.0. The van der Waals surface area contributed by atoms with Gasteiger partial charge in [0.2, 0.25) is 5.91 Å². The molecule has 1 atom stereocenters. The van der Waals surface area contributed by atoms with Gasteiger partial charge in [-0.05, 0) is 38.3 Å². The first kappa shape index (κ1) is 16.4. The minimum absolute atomic E-state index is 0.0368. The first-order chi connectivity index (χ1) is 10.2. The van der Waals surface area contributed by atoms with E-state index in [1.807, 2.05) is 30.0 Å². The van der Waals surface area contributed by atoms with E-state index in [0.717, 1.165) is 12.1 Å². The lowest BCUT2D eigenvalue weighted by atomic mass is 10.2. The third-order valence-electron chi connectivity index (χ3n) is 3.98. The third-order valence-corrected chi connectivity index (χ3v) is 5.40. The summed E-state index contributed by atoms with van der Waals surface area (Å²) in [6.45, 7) is 4.58. The van der Waals surface area contributed by atoms with Crippen LogP contribution in [0.2, 0.25) is 0 Å². The number of carbonyl (C=O) groups is 1. The number of nitrogens with one attached hydrogen (secondary N) is 2. The zero-order valence-electron chi connectivity index (χ0n) is 13.0. The molecule has 116 valence electrons. The Kier molecular flexibility index (Phi) is 6.58. The number of rotatable bonds is 7. The average Bonchev–Trinajstić information content (AvgIpc) is 3.00. The molecule has 1 unspecified atom stereocenters. The highest BCUT2D eigenvalue weighted by Crippen LogP contribution is 2.37. The second kappa shape index (κ2) is 8.44. The van der Waals surface area contributed by atoms with Crippen molar-refractivity contribution < 1.29 is 4.79 Å². The van der Waals surface area contributed by atoms with Crippen LogP contribution in [0, 0.1) is 0 Å². The van der Waals surface area contributed by atoms with Gasteiger partial charge in [0.15, 0.2) is 0 Å². The van der Waals surface area contributed by atoms with Crippen molar-refractivity contribution in [1.29, 1.82) is 0 Å². The predicted octanol–water partition coefficient (Wildman–Crippen LogP) is 4.05. The van der Waals surface area contributed by atoms with E-state index < -0.39 is 0 Å². The summed E-state index contributed by atoms with van der Waals surface area (Å²) in [6.07, 6.45) is 6.29. The summed E-state index contributed by atoms with van der Waals surface area (Å²) in [4.78, 5) is 13.2. The summed E-state index contributed by atoms with van der Waals surface area (Å²) >= 11 is 1.91. The average molecular weight is 306 g/mol. The lowest BCUT2D eigenvalue weighted by Crippen LogP contribution is -2.34. The second-order valence-corrected chi connectivity index (χ2v) is 7.10. The fourth-order valence-corrected chi connectivity index (χ4v) is 3.80. The molecule has 1 aliphatic carbocycles. The van der Waals surface area contributed by atoms with Crippen molar-refractivity contribution in [2.75, 3.05) is 11.9 Å². The van der Waals surface area contributed by atoms with Crippen LogP contribution in [0.15, 0.2) is 29.2 Å². The van der Waals surface area contributed by atoms with E-state index in [1.54, 1.807) is 0 Å². The molecule has 1 amide bonds. The lowest BCUT2D eigenvalue weighted by molar-refractivity contribution is -0.115. The van der Waals surface area contributed by atoms with Gasteiger partial charge < -0.3 is 10.6 Å². The van der Waals surface area contributed by atoms with Crippen LogP contribution in [-0.4, -0.2) is 23.7 Å². The van der Waals surface area contributed by atoms with Gasteiger partial charge in [-0.15, -0.1) is 11.8 Å². The maximum Gasteiger partial charge on any atom is 0.238 e. The first-order valence-electron chi connectivity index (χ1n) is 7.98. The van der Waals surface area contributed by atoms with E-state index in [0.29, 0.717) is 17.8 Å². The molecule has 2 N–H and O–H groups in total. The largest absolute Gasteiger partial charge is 0.324 e. The van der Waals surface area contributed by atoms with Gasteiger partial charge in [0.25, 0.3) is 0 Å². The molecular formula is C17H26N2OS. The van der Waals surface area contributed by atoms with Crippen LogP contribution in [-0.2, 0) is 4.79 Å². The van der Waals surface area contributed by atoms with Crippen molar-refractivity contribution in [3.05, 3.63) is 24.3 Å². The molecule has 0 aromatic heterocycles. The Morgan fingerprint density at radius 2 is 2.05 bits per heavy atom. The number of carbonyl (C=O) groups excluding carboxylic acids is 1. The van der Waals surface area contributed by atoms with Crippen molar-refractivity contribution in [3.8, 4) is 0 Å². The summed E-state index contributed by atoms with van der Waals surface area (Å²) in [5, 5.41) is 6.98. The first-order valence-corrected chi connectivity index (χ1v) is 8.86. The molecule has 3 nitrogen and oxygen atoms in total. The molecular weight excluding hydrogens is 280 g/mol. The minimum atomic E-state index is 0.0368. The van der Waals surface area contributed by atoms with Crippen molar-refractivity contribution in [1.82, 2.24) is 5.32 Å². The van der Waals surface area contributed by atoms with E-state index in [4.69, 9.17) is 0 Å². The standard InChI is InChI=1S/C17H26N2OS/c1-3-13(2)18-12-17(20)19-15-10-6-7-11-16(15)21-14-8-4-5-9-14/h6-7,10-11,13-14,18H,3-5,8-9,12H2,1-2H3,(H,19,20). The number of amides is 1. The Balaban J connectivity index is 1.91. The van der Waals surface area contributed by atoms with Gasteiger partial charge in [-0.25, -0.2) is 0 Å². The normalized spacial score (nSPS) is 16.9. The van der Waals surface area contributed by atoms with Crippen LogP contribution < -0.4 is 10.6 Å². The number of anilines is 1. The molecule has 0 heterocycles. The van der Waals surface area contributed by atoms with Gasteiger partial charge >= 0.3 is 0 Å². The molecule has 1 fully saturated rings. The summed E-state index contributed by atoms with van der Waals surface area (Å²) in [5.41, 5.74) is 0.949. The van der Waals surface area contributed by atoms with E-state index in [1.165, 1.54) is 30.6 Å². The number of hydrogen-bond acceptors (Lipinski definition) is 3. The number of para-hydroxylation sites is 1. The molecule has 4 heteroatoms. The molecule has 1 saturated carbocycles. The van der Waals surface area contributed by atoms with Crippen LogP contribution in [0.4, 0.5) is 5.69 Å². The van der Waals surface area contributed by atoms with Crippen LogP contribution in [0.1, 0.15) is 46.0 Å². The maximum absolute atomic E-state index is 12.0. The van der Waals surface area contributed by atoms with E-state index in [9.17, 15) is 4.79 Å². The molecule has 0 spiro atoms. The van der Waals surface area contributed by atoms with Crippen LogP contribution in [0.25, 0.3) is 0 Å². The second-order valence-electron chi connectivity index (χ2n) is 5.76. The molecule has 1 aromatic carbocycles. The van der Waals surface area contributed by atoms with E-state index >= 15 is 0 Å². The fraction of sp³-hybridized carbons (Fsp3) is 0.588. The molecule has 21 heavy (non-hydrogen) atoms. The van der Waals surface area contributed by atoms with Gasteiger partial charge in [-0.1, -0.05) is 31.9 Å². The summed E-state index contributed by atoms with van der Waals surface area (Å²) in [7, 11) is 0. The summed E-state index contributed by atoms with van der Waals surface area (Å²) in [5.74, 6) is 0.0368. The SMILES string of the molecule is CCC(C)NCC(=O)Nc1ccccc1SC1CCCC1. The van der Waals surface area contributed by atoms with Crippen molar-refractivity contribution in [3.63, 3.8) is 0 Å². The smallest absolute Gasteiger partial charge is 0.238 e. The molecule has 2 rings (SSSR count). The Morgan fingerprint density at radius 1 is 1.33 bits per heavy atom.